The van der Waals surface area contributed by atoms with Crippen LogP contribution < -0.4 is 15.4 Å². The minimum atomic E-state index is 0. The zero-order valence-electron chi connectivity index (χ0n) is 17.5. The van der Waals surface area contributed by atoms with Crippen molar-refractivity contribution < 1.29 is 9.84 Å². The second-order valence-electron chi connectivity index (χ2n) is 6.77. The van der Waals surface area contributed by atoms with Crippen LogP contribution >= 0.6 is 24.0 Å². The van der Waals surface area contributed by atoms with Gasteiger partial charge in [-0.25, -0.2) is 0 Å². The van der Waals surface area contributed by atoms with E-state index in [1.165, 1.54) is 11.3 Å². The van der Waals surface area contributed by atoms with E-state index >= 15 is 0 Å². The maximum absolute atomic E-state index is 10.0. The number of phenolic OH excluding ortho intramolecular Hbond substituents is 1. The van der Waals surface area contributed by atoms with E-state index in [4.69, 9.17) is 4.74 Å². The molecular weight excluding hydrogens is 469 g/mol. The lowest BCUT2D eigenvalue weighted by Crippen LogP contribution is -2.43. The van der Waals surface area contributed by atoms with Gasteiger partial charge in [0.05, 0.1) is 12.8 Å². The number of guanidine groups is 1. The van der Waals surface area contributed by atoms with Crippen molar-refractivity contribution >= 4 is 29.9 Å². The van der Waals surface area contributed by atoms with Gasteiger partial charge >= 0.3 is 0 Å². The molecule has 0 saturated heterocycles. The lowest BCUT2D eigenvalue weighted by atomic mass is 10.1. The number of phenols is 1. The molecule has 1 unspecified atom stereocenters. The monoisotopic (exact) mass is 501 g/mol. The Balaban J connectivity index is 0.00000392. The maximum atomic E-state index is 10.0. The lowest BCUT2D eigenvalue weighted by Gasteiger charge is -2.18. The van der Waals surface area contributed by atoms with Gasteiger partial charge in [-0.2, -0.15) is 5.10 Å². The largest absolute Gasteiger partial charge is 0.508 e. The summed E-state index contributed by atoms with van der Waals surface area (Å²) in [5.41, 5.74) is 4.41. The summed E-state index contributed by atoms with van der Waals surface area (Å²) in [7, 11) is 5.31. The molecule has 0 amide bonds. The summed E-state index contributed by atoms with van der Waals surface area (Å²) in [4.78, 5) is 4.29. The van der Waals surface area contributed by atoms with E-state index < -0.39 is 0 Å². The SMILES string of the molecule is CN=C(NCCc1ccc(OC)cc1O)NC(C)Cc1c(C)nn(C)c1C.I. The van der Waals surface area contributed by atoms with Crippen LogP contribution in [0.4, 0.5) is 0 Å². The molecule has 0 aliphatic carbocycles. The number of rotatable bonds is 7. The van der Waals surface area contributed by atoms with Crippen LogP contribution in [-0.2, 0) is 19.9 Å². The van der Waals surface area contributed by atoms with Gasteiger partial charge in [0.1, 0.15) is 11.5 Å². The number of halogens is 1. The molecule has 1 aromatic carbocycles. The highest BCUT2D eigenvalue weighted by molar-refractivity contribution is 14.0. The van der Waals surface area contributed by atoms with Crippen LogP contribution in [0.25, 0.3) is 0 Å². The number of methoxy groups -OCH3 is 1. The Bertz CT molecular complexity index is 804. The molecule has 0 fully saturated rings. The number of benzene rings is 1. The number of nitrogens with one attached hydrogen (secondary N) is 2. The molecule has 156 valence electrons. The Labute approximate surface area is 184 Å². The molecule has 0 aliphatic heterocycles. The third-order valence-corrected chi connectivity index (χ3v) is 4.76. The molecule has 0 aliphatic rings. The molecule has 0 bridgehead atoms. The maximum Gasteiger partial charge on any atom is 0.191 e. The first-order valence-electron chi connectivity index (χ1n) is 9.17. The first kappa shape index (κ1) is 24.1. The predicted octanol–water partition coefficient (Wildman–Crippen LogP) is 2.71. The average Bonchev–Trinajstić information content (AvgIpc) is 2.88. The van der Waals surface area contributed by atoms with Gasteiger partial charge < -0.3 is 20.5 Å². The number of aliphatic imine (C=N–C) groups is 1. The van der Waals surface area contributed by atoms with Gasteiger partial charge in [-0.1, -0.05) is 6.07 Å². The molecule has 0 radical (unpaired) electrons. The van der Waals surface area contributed by atoms with Crippen LogP contribution in [-0.4, -0.2) is 47.6 Å². The van der Waals surface area contributed by atoms with Crippen molar-refractivity contribution in [3.63, 3.8) is 0 Å². The minimum Gasteiger partial charge on any atom is -0.508 e. The fraction of sp³-hybridized carbons (Fsp3) is 0.500. The molecule has 28 heavy (non-hydrogen) atoms. The van der Waals surface area contributed by atoms with E-state index in [2.05, 4.69) is 34.6 Å². The van der Waals surface area contributed by atoms with Gasteiger partial charge in [0, 0.05) is 38.4 Å². The Morgan fingerprint density at radius 1 is 1.36 bits per heavy atom. The minimum absolute atomic E-state index is 0. The summed E-state index contributed by atoms with van der Waals surface area (Å²) in [6, 6.07) is 5.57. The van der Waals surface area contributed by atoms with Gasteiger partial charge in [0.2, 0.25) is 0 Å². The summed E-state index contributed by atoms with van der Waals surface area (Å²) in [6.07, 6.45) is 1.57. The van der Waals surface area contributed by atoms with Gasteiger partial charge in [-0.3, -0.25) is 9.67 Å². The second kappa shape index (κ2) is 11.1. The Hall–Kier alpha value is -1.97. The van der Waals surface area contributed by atoms with Crippen LogP contribution in [0.15, 0.2) is 23.2 Å². The van der Waals surface area contributed by atoms with Crippen LogP contribution in [0.1, 0.15) is 29.4 Å². The lowest BCUT2D eigenvalue weighted by molar-refractivity contribution is 0.406. The van der Waals surface area contributed by atoms with Gasteiger partial charge in [-0.05, 0) is 50.8 Å². The summed E-state index contributed by atoms with van der Waals surface area (Å²) in [5, 5.41) is 21.2. The molecule has 0 saturated carbocycles. The molecule has 7 nitrogen and oxygen atoms in total. The number of aryl methyl sites for hydroxylation is 2. The number of hydrogen-bond acceptors (Lipinski definition) is 4. The second-order valence-corrected chi connectivity index (χ2v) is 6.77. The van der Waals surface area contributed by atoms with E-state index in [0.717, 1.165) is 23.6 Å². The average molecular weight is 501 g/mol. The van der Waals surface area contributed by atoms with Gasteiger partial charge in [0.15, 0.2) is 5.96 Å². The van der Waals surface area contributed by atoms with Crippen molar-refractivity contribution in [1.29, 1.82) is 0 Å². The molecule has 1 atom stereocenters. The standard InChI is InChI=1S/C20H31N5O2.HI/c1-13(11-18-14(2)24-25(5)15(18)3)23-20(21-4)22-10-9-16-7-8-17(27-6)12-19(16)26;/h7-8,12-13,26H,9-11H2,1-6H3,(H2,21,22,23);1H. The van der Waals surface area contributed by atoms with Crippen molar-refractivity contribution in [1.82, 2.24) is 20.4 Å². The molecule has 8 heteroatoms. The fourth-order valence-electron chi connectivity index (χ4n) is 3.10. The van der Waals surface area contributed by atoms with E-state index in [-0.39, 0.29) is 35.8 Å². The van der Waals surface area contributed by atoms with Gasteiger partial charge in [-0.15, -0.1) is 24.0 Å². The van der Waals surface area contributed by atoms with Crippen molar-refractivity contribution in [3.8, 4) is 11.5 Å². The number of hydrogen-bond donors (Lipinski definition) is 3. The van der Waals surface area contributed by atoms with E-state index in [1.54, 1.807) is 20.2 Å². The highest BCUT2D eigenvalue weighted by Gasteiger charge is 2.14. The normalized spacial score (nSPS) is 12.3. The number of aromatic hydroxyl groups is 1. The molecule has 0 spiro atoms. The molecule has 1 aromatic heterocycles. The topological polar surface area (TPSA) is 83.7 Å². The Morgan fingerprint density at radius 2 is 2.07 bits per heavy atom. The fourth-order valence-corrected chi connectivity index (χ4v) is 3.10. The molecular formula is C20H32IN5O2. The van der Waals surface area contributed by atoms with Crippen LogP contribution in [0.2, 0.25) is 0 Å². The van der Waals surface area contributed by atoms with Crippen LogP contribution in [0.5, 0.6) is 11.5 Å². The van der Waals surface area contributed by atoms with Crippen molar-refractivity contribution in [2.75, 3.05) is 20.7 Å². The third-order valence-electron chi connectivity index (χ3n) is 4.76. The summed E-state index contributed by atoms with van der Waals surface area (Å²) in [5.74, 6) is 1.64. The first-order valence-corrected chi connectivity index (χ1v) is 9.17. The van der Waals surface area contributed by atoms with Crippen molar-refractivity contribution in [2.24, 2.45) is 12.0 Å². The Morgan fingerprint density at radius 3 is 2.61 bits per heavy atom. The Kier molecular flexibility index (Phi) is 9.57. The quantitative estimate of drug-likeness (QED) is 0.309. The summed E-state index contributed by atoms with van der Waals surface area (Å²) < 4.78 is 7.03. The van der Waals surface area contributed by atoms with Gasteiger partial charge in [0.25, 0.3) is 0 Å². The first-order chi connectivity index (χ1) is 12.8. The molecule has 3 N–H and O–H groups in total. The van der Waals surface area contributed by atoms with Crippen molar-refractivity contribution in [2.45, 2.75) is 39.7 Å². The number of aromatic nitrogens is 2. The van der Waals surface area contributed by atoms with Crippen molar-refractivity contribution in [3.05, 3.63) is 40.7 Å². The molecule has 1 heterocycles. The van der Waals surface area contributed by atoms with E-state index in [0.29, 0.717) is 18.7 Å². The number of ether oxygens (including phenoxy) is 1. The third kappa shape index (κ3) is 6.29. The molecule has 2 aromatic rings. The smallest absolute Gasteiger partial charge is 0.191 e. The van der Waals surface area contributed by atoms with E-state index in [9.17, 15) is 5.11 Å². The van der Waals surface area contributed by atoms with E-state index in [1.807, 2.05) is 30.8 Å². The highest BCUT2D eigenvalue weighted by atomic mass is 127. The summed E-state index contributed by atoms with van der Waals surface area (Å²) in [6.45, 7) is 6.94. The van der Waals surface area contributed by atoms with Crippen LogP contribution in [0, 0.1) is 13.8 Å². The number of nitrogens with zero attached hydrogens (tertiary/aromatic N) is 3. The zero-order valence-corrected chi connectivity index (χ0v) is 19.9. The molecule has 2 rings (SSSR count). The zero-order chi connectivity index (χ0) is 20.0. The predicted molar refractivity (Wildman–Crippen MR) is 124 cm³/mol. The highest BCUT2D eigenvalue weighted by Crippen LogP contribution is 2.23. The van der Waals surface area contributed by atoms with Crippen LogP contribution in [0.3, 0.4) is 0 Å². The summed E-state index contributed by atoms with van der Waals surface area (Å²) >= 11 is 0.